The van der Waals surface area contributed by atoms with E-state index in [9.17, 15) is 4.79 Å². The van der Waals surface area contributed by atoms with Crippen LogP contribution in [0.4, 0.5) is 0 Å². The summed E-state index contributed by atoms with van der Waals surface area (Å²) in [6.07, 6.45) is 2.05. The second-order valence-electron chi connectivity index (χ2n) is 5.65. The number of nitrogens with zero attached hydrogens (tertiary/aromatic N) is 1. The molecule has 4 nitrogen and oxygen atoms in total. The first-order valence-corrected chi connectivity index (χ1v) is 8.04. The second kappa shape index (κ2) is 9.82. The van der Waals surface area contributed by atoms with Crippen molar-refractivity contribution < 1.29 is 4.79 Å². The van der Waals surface area contributed by atoms with Crippen LogP contribution in [0.5, 0.6) is 0 Å². The zero-order valence-electron chi connectivity index (χ0n) is 13.6. The van der Waals surface area contributed by atoms with Crippen LogP contribution in [0.2, 0.25) is 0 Å². The molecule has 1 unspecified atom stereocenters. The molecule has 0 spiro atoms. The van der Waals surface area contributed by atoms with Crippen LogP contribution in [0.15, 0.2) is 24.3 Å². The number of amides is 1. The average Bonchev–Trinajstić information content (AvgIpc) is 3.05. The largest absolute Gasteiger partial charge is 0.351 e. The lowest BCUT2D eigenvalue weighted by Crippen LogP contribution is -2.40. The lowest BCUT2D eigenvalue weighted by molar-refractivity contribution is -0.122. The van der Waals surface area contributed by atoms with Crippen molar-refractivity contribution in [1.29, 1.82) is 0 Å². The molecule has 0 saturated carbocycles. The molecule has 0 aliphatic carbocycles. The summed E-state index contributed by atoms with van der Waals surface area (Å²) in [6, 6.07) is 8.51. The van der Waals surface area contributed by atoms with Gasteiger partial charge in [-0.2, -0.15) is 0 Å². The van der Waals surface area contributed by atoms with E-state index in [0.717, 1.165) is 39.0 Å². The molecule has 1 aromatic rings. The van der Waals surface area contributed by atoms with Crippen LogP contribution in [-0.2, 0) is 17.9 Å². The fourth-order valence-electron chi connectivity index (χ4n) is 2.76. The summed E-state index contributed by atoms with van der Waals surface area (Å²) in [4.78, 5) is 14.4. The predicted molar refractivity (Wildman–Crippen MR) is 93.2 cm³/mol. The van der Waals surface area contributed by atoms with Gasteiger partial charge in [0.1, 0.15) is 0 Å². The van der Waals surface area contributed by atoms with Crippen LogP contribution < -0.4 is 10.6 Å². The maximum absolute atomic E-state index is 12.0. The Hall–Kier alpha value is -1.10. The van der Waals surface area contributed by atoms with Crippen molar-refractivity contribution >= 4 is 18.3 Å². The van der Waals surface area contributed by atoms with Gasteiger partial charge >= 0.3 is 0 Å². The Labute approximate surface area is 140 Å². The Balaban J connectivity index is 0.00000242. The molecule has 1 aromatic carbocycles. The number of nitrogens with one attached hydrogen (secondary N) is 2. The first-order chi connectivity index (χ1) is 10.2. The fraction of sp³-hybridized carbons (Fsp3) is 0.588. The SMILES string of the molecule is CCN(CC)Cc1cccc(CNC(=O)C2CCCN2)c1.Cl. The molecule has 1 amide bonds. The van der Waals surface area contributed by atoms with Gasteiger partial charge in [-0.15, -0.1) is 12.4 Å². The summed E-state index contributed by atoms with van der Waals surface area (Å²) in [6.45, 7) is 9.03. The van der Waals surface area contributed by atoms with Crippen molar-refractivity contribution in [3.63, 3.8) is 0 Å². The molecule has 124 valence electrons. The van der Waals surface area contributed by atoms with E-state index in [4.69, 9.17) is 0 Å². The highest BCUT2D eigenvalue weighted by Crippen LogP contribution is 2.09. The van der Waals surface area contributed by atoms with Crippen LogP contribution in [0.3, 0.4) is 0 Å². The topological polar surface area (TPSA) is 44.4 Å². The van der Waals surface area contributed by atoms with Gasteiger partial charge < -0.3 is 10.6 Å². The van der Waals surface area contributed by atoms with Gasteiger partial charge in [0.15, 0.2) is 0 Å². The van der Waals surface area contributed by atoms with E-state index in [1.54, 1.807) is 0 Å². The lowest BCUT2D eigenvalue weighted by Gasteiger charge is -2.18. The molecule has 1 fully saturated rings. The summed E-state index contributed by atoms with van der Waals surface area (Å²) >= 11 is 0. The van der Waals surface area contributed by atoms with E-state index in [1.165, 1.54) is 11.1 Å². The van der Waals surface area contributed by atoms with Crippen molar-refractivity contribution in [2.75, 3.05) is 19.6 Å². The molecule has 2 N–H and O–H groups in total. The van der Waals surface area contributed by atoms with Gasteiger partial charge in [0.05, 0.1) is 6.04 Å². The average molecular weight is 326 g/mol. The molecule has 0 aromatic heterocycles. The van der Waals surface area contributed by atoms with Gasteiger partial charge in [0.2, 0.25) is 5.91 Å². The minimum absolute atomic E-state index is 0. The maximum atomic E-state index is 12.0. The van der Waals surface area contributed by atoms with E-state index in [2.05, 4.69) is 53.6 Å². The van der Waals surface area contributed by atoms with Crippen LogP contribution in [0.25, 0.3) is 0 Å². The summed E-state index contributed by atoms with van der Waals surface area (Å²) in [7, 11) is 0. The van der Waals surface area contributed by atoms with Crippen LogP contribution in [-0.4, -0.2) is 36.5 Å². The van der Waals surface area contributed by atoms with E-state index >= 15 is 0 Å². The summed E-state index contributed by atoms with van der Waals surface area (Å²) in [5.74, 6) is 0.127. The van der Waals surface area contributed by atoms with Gasteiger partial charge in [0, 0.05) is 13.1 Å². The van der Waals surface area contributed by atoms with Crippen molar-refractivity contribution in [2.24, 2.45) is 0 Å². The van der Waals surface area contributed by atoms with Crippen molar-refractivity contribution in [3.8, 4) is 0 Å². The Morgan fingerprint density at radius 3 is 2.68 bits per heavy atom. The third kappa shape index (κ3) is 5.59. The standard InChI is InChI=1S/C17H27N3O.ClH/c1-3-20(4-2)13-15-8-5-7-14(11-15)12-19-17(21)16-9-6-10-18-16;/h5,7-8,11,16,18H,3-4,6,9-10,12-13H2,1-2H3,(H,19,21);1H. The molecular weight excluding hydrogens is 298 g/mol. The molecule has 1 aliphatic heterocycles. The van der Waals surface area contributed by atoms with E-state index in [-0.39, 0.29) is 24.4 Å². The van der Waals surface area contributed by atoms with Crippen LogP contribution in [0.1, 0.15) is 37.8 Å². The monoisotopic (exact) mass is 325 g/mol. The Kier molecular flexibility index (Phi) is 8.46. The van der Waals surface area contributed by atoms with E-state index in [0.29, 0.717) is 6.54 Å². The number of halogens is 1. The zero-order valence-corrected chi connectivity index (χ0v) is 14.4. The highest BCUT2D eigenvalue weighted by molar-refractivity contribution is 5.85. The first kappa shape index (κ1) is 18.9. The van der Waals surface area contributed by atoms with Gasteiger partial charge in [-0.05, 0) is 43.6 Å². The quantitative estimate of drug-likeness (QED) is 0.808. The molecule has 1 heterocycles. The lowest BCUT2D eigenvalue weighted by atomic mass is 10.1. The van der Waals surface area contributed by atoms with Gasteiger partial charge in [-0.3, -0.25) is 9.69 Å². The maximum Gasteiger partial charge on any atom is 0.237 e. The third-order valence-corrected chi connectivity index (χ3v) is 4.14. The Morgan fingerprint density at radius 2 is 2.05 bits per heavy atom. The van der Waals surface area contributed by atoms with E-state index in [1.807, 2.05) is 0 Å². The van der Waals surface area contributed by atoms with Crippen molar-refractivity contribution in [2.45, 2.75) is 45.8 Å². The molecule has 22 heavy (non-hydrogen) atoms. The molecule has 1 saturated heterocycles. The molecule has 0 radical (unpaired) electrons. The Morgan fingerprint density at radius 1 is 1.32 bits per heavy atom. The van der Waals surface area contributed by atoms with Crippen LogP contribution in [0, 0.1) is 0 Å². The van der Waals surface area contributed by atoms with Crippen LogP contribution >= 0.6 is 12.4 Å². The first-order valence-electron chi connectivity index (χ1n) is 8.04. The number of benzene rings is 1. The highest BCUT2D eigenvalue weighted by atomic mass is 35.5. The van der Waals surface area contributed by atoms with E-state index < -0.39 is 0 Å². The van der Waals surface area contributed by atoms with Crippen molar-refractivity contribution in [3.05, 3.63) is 35.4 Å². The summed E-state index contributed by atoms with van der Waals surface area (Å²) < 4.78 is 0. The molecule has 1 atom stereocenters. The molecule has 1 aliphatic rings. The number of rotatable bonds is 7. The van der Waals surface area contributed by atoms with Gasteiger partial charge in [-0.1, -0.05) is 38.1 Å². The summed E-state index contributed by atoms with van der Waals surface area (Å²) in [5, 5.41) is 6.26. The Bertz CT molecular complexity index is 457. The predicted octanol–water partition coefficient (Wildman–Crippen LogP) is 2.32. The number of hydrogen-bond donors (Lipinski definition) is 2. The smallest absolute Gasteiger partial charge is 0.237 e. The minimum Gasteiger partial charge on any atom is -0.351 e. The molecule has 5 heteroatoms. The van der Waals surface area contributed by atoms with Crippen molar-refractivity contribution in [1.82, 2.24) is 15.5 Å². The van der Waals surface area contributed by atoms with Gasteiger partial charge in [0.25, 0.3) is 0 Å². The van der Waals surface area contributed by atoms with Gasteiger partial charge in [-0.25, -0.2) is 0 Å². The number of carbonyl (C=O) groups is 1. The molecule has 2 rings (SSSR count). The third-order valence-electron chi connectivity index (χ3n) is 4.14. The normalized spacial score (nSPS) is 17.3. The zero-order chi connectivity index (χ0) is 15.1. The second-order valence-corrected chi connectivity index (χ2v) is 5.65. The minimum atomic E-state index is 0. The number of carbonyl (C=O) groups excluding carboxylic acids is 1. The highest BCUT2D eigenvalue weighted by Gasteiger charge is 2.21. The number of hydrogen-bond acceptors (Lipinski definition) is 3. The summed E-state index contributed by atoms with van der Waals surface area (Å²) in [5.41, 5.74) is 2.48. The fourth-order valence-corrected chi connectivity index (χ4v) is 2.76. The molecule has 0 bridgehead atoms. The molecular formula is C17H28ClN3O.